The standard InChI is InChI=1S/C18H20F5N3O4/c1-3-26-12-6-4-5-7-13(12)30-8-11(16(26)29)25-15(28)10(2)14(27)24-9-17(19,20)18(21,22)23/h4-7,10-11H,3,8-9H2,1-2H3,(H,24,27)(H,25,28)/t10?,11-/m0/s1. The lowest BCUT2D eigenvalue weighted by molar-refractivity contribution is -0.278. The highest BCUT2D eigenvalue weighted by Crippen LogP contribution is 2.34. The Balaban J connectivity index is 2.03. The number of ether oxygens (including phenoxy) is 1. The molecule has 1 aromatic rings. The largest absolute Gasteiger partial charge is 0.489 e. The second-order valence-electron chi connectivity index (χ2n) is 6.56. The fourth-order valence-corrected chi connectivity index (χ4v) is 2.65. The van der Waals surface area contributed by atoms with E-state index in [1.165, 1.54) is 10.2 Å². The van der Waals surface area contributed by atoms with E-state index in [4.69, 9.17) is 4.74 Å². The van der Waals surface area contributed by atoms with E-state index < -0.39 is 48.3 Å². The number of amides is 3. The molecule has 7 nitrogen and oxygen atoms in total. The number of hydrogen-bond donors (Lipinski definition) is 2. The summed E-state index contributed by atoms with van der Waals surface area (Å²) in [5.74, 6) is -9.24. The third kappa shape index (κ3) is 4.97. The first kappa shape index (κ1) is 23.4. The van der Waals surface area contributed by atoms with E-state index in [9.17, 15) is 36.3 Å². The molecule has 0 aliphatic carbocycles. The second-order valence-corrected chi connectivity index (χ2v) is 6.56. The van der Waals surface area contributed by atoms with Gasteiger partial charge in [-0.2, -0.15) is 22.0 Å². The number of fused-ring (bicyclic) bond motifs is 1. The minimum atomic E-state index is -5.84. The van der Waals surface area contributed by atoms with Crippen LogP contribution in [0, 0.1) is 5.92 Å². The number of nitrogens with zero attached hydrogens (tertiary/aromatic N) is 1. The first-order valence-electron chi connectivity index (χ1n) is 8.95. The zero-order chi connectivity index (χ0) is 22.7. The maximum atomic E-state index is 12.9. The van der Waals surface area contributed by atoms with E-state index in [2.05, 4.69) is 5.32 Å². The Morgan fingerprint density at radius 1 is 1.20 bits per heavy atom. The van der Waals surface area contributed by atoms with Crippen LogP contribution in [0.15, 0.2) is 24.3 Å². The summed E-state index contributed by atoms with van der Waals surface area (Å²) < 4.78 is 67.9. The van der Waals surface area contributed by atoms with Gasteiger partial charge in [0, 0.05) is 6.54 Å². The van der Waals surface area contributed by atoms with E-state index in [1.807, 2.05) is 0 Å². The average molecular weight is 437 g/mol. The van der Waals surface area contributed by atoms with Gasteiger partial charge in [0.2, 0.25) is 11.8 Å². The number of benzene rings is 1. The zero-order valence-corrected chi connectivity index (χ0v) is 16.1. The fraction of sp³-hybridized carbons (Fsp3) is 0.500. The molecule has 1 aliphatic rings. The van der Waals surface area contributed by atoms with E-state index in [0.29, 0.717) is 11.4 Å². The highest BCUT2D eigenvalue weighted by Gasteiger charge is 2.57. The van der Waals surface area contributed by atoms with Crippen molar-refractivity contribution in [3.63, 3.8) is 0 Å². The maximum Gasteiger partial charge on any atom is 0.455 e. The van der Waals surface area contributed by atoms with Crippen molar-refractivity contribution in [2.45, 2.75) is 32.0 Å². The van der Waals surface area contributed by atoms with Gasteiger partial charge in [0.05, 0.1) is 12.2 Å². The van der Waals surface area contributed by atoms with Crippen LogP contribution in [0.25, 0.3) is 0 Å². The number of carbonyl (C=O) groups excluding carboxylic acids is 3. The summed E-state index contributed by atoms with van der Waals surface area (Å²) in [4.78, 5) is 38.2. The summed E-state index contributed by atoms with van der Waals surface area (Å²) >= 11 is 0. The number of likely N-dealkylation sites (N-methyl/N-ethyl adjacent to an activating group) is 1. The second kappa shape index (κ2) is 8.84. The maximum absolute atomic E-state index is 12.9. The number of para-hydroxylation sites is 2. The molecule has 0 saturated carbocycles. The van der Waals surface area contributed by atoms with Crippen molar-refractivity contribution >= 4 is 23.4 Å². The number of anilines is 1. The molecule has 1 aromatic carbocycles. The third-order valence-corrected chi connectivity index (χ3v) is 4.44. The minimum Gasteiger partial charge on any atom is -0.489 e. The summed E-state index contributed by atoms with van der Waals surface area (Å²) in [6.07, 6.45) is -5.84. The molecular formula is C18H20F5N3O4. The zero-order valence-electron chi connectivity index (χ0n) is 16.1. The van der Waals surface area contributed by atoms with Gasteiger partial charge in [-0.1, -0.05) is 12.1 Å². The monoisotopic (exact) mass is 437 g/mol. The molecule has 1 aliphatic heterocycles. The SMILES string of the molecule is CCN1C(=O)[C@@H](NC(=O)C(C)C(=O)NCC(F)(F)C(F)(F)F)COc2ccccc21. The van der Waals surface area contributed by atoms with Crippen LogP contribution in [0.1, 0.15) is 13.8 Å². The lowest BCUT2D eigenvalue weighted by Gasteiger charge is -2.24. The van der Waals surface area contributed by atoms with Crippen molar-refractivity contribution in [3.05, 3.63) is 24.3 Å². The van der Waals surface area contributed by atoms with Gasteiger partial charge >= 0.3 is 12.1 Å². The van der Waals surface area contributed by atoms with Gasteiger partial charge in [0.25, 0.3) is 5.91 Å². The highest BCUT2D eigenvalue weighted by molar-refractivity contribution is 6.04. The van der Waals surface area contributed by atoms with Gasteiger partial charge in [0.1, 0.15) is 24.3 Å². The van der Waals surface area contributed by atoms with Crippen molar-refractivity contribution in [3.8, 4) is 5.75 Å². The Bertz CT molecular complexity index is 815. The molecule has 0 aromatic heterocycles. The van der Waals surface area contributed by atoms with Crippen molar-refractivity contribution < 1.29 is 41.1 Å². The molecule has 0 bridgehead atoms. The molecule has 0 fully saturated rings. The number of halogens is 5. The summed E-state index contributed by atoms with van der Waals surface area (Å²) in [5.41, 5.74) is 0.488. The van der Waals surface area contributed by atoms with Crippen LogP contribution >= 0.6 is 0 Å². The molecule has 166 valence electrons. The summed E-state index contributed by atoms with van der Waals surface area (Å²) in [5, 5.41) is 3.70. The first-order chi connectivity index (χ1) is 13.9. The Morgan fingerprint density at radius 2 is 1.83 bits per heavy atom. The van der Waals surface area contributed by atoms with Crippen molar-refractivity contribution in [1.82, 2.24) is 10.6 Å². The molecular weight excluding hydrogens is 417 g/mol. The van der Waals surface area contributed by atoms with Gasteiger partial charge in [-0.3, -0.25) is 14.4 Å². The average Bonchev–Trinajstić information content (AvgIpc) is 2.81. The molecule has 0 saturated heterocycles. The van der Waals surface area contributed by atoms with Crippen molar-refractivity contribution in [1.29, 1.82) is 0 Å². The highest BCUT2D eigenvalue weighted by atomic mass is 19.4. The van der Waals surface area contributed by atoms with E-state index in [0.717, 1.165) is 6.92 Å². The molecule has 30 heavy (non-hydrogen) atoms. The predicted molar refractivity (Wildman–Crippen MR) is 95.1 cm³/mol. The van der Waals surface area contributed by atoms with Crippen LogP contribution in [0.2, 0.25) is 0 Å². The normalized spacial score (nSPS) is 18.0. The van der Waals surface area contributed by atoms with Crippen LogP contribution in [-0.2, 0) is 14.4 Å². The predicted octanol–water partition coefficient (Wildman–Crippen LogP) is 1.87. The molecule has 0 radical (unpaired) electrons. The topological polar surface area (TPSA) is 87.7 Å². The van der Waals surface area contributed by atoms with Crippen LogP contribution < -0.4 is 20.3 Å². The van der Waals surface area contributed by atoms with Crippen LogP contribution in [0.3, 0.4) is 0 Å². The molecule has 2 N–H and O–H groups in total. The first-order valence-corrected chi connectivity index (χ1v) is 8.95. The number of nitrogens with one attached hydrogen (secondary N) is 2. The van der Waals surface area contributed by atoms with Gasteiger partial charge < -0.3 is 20.3 Å². The minimum absolute atomic E-state index is 0.251. The van der Waals surface area contributed by atoms with Gasteiger partial charge in [-0.05, 0) is 26.0 Å². The van der Waals surface area contributed by atoms with Crippen LogP contribution in [0.4, 0.5) is 27.6 Å². The molecule has 0 spiro atoms. The molecule has 1 unspecified atom stereocenters. The Hall–Kier alpha value is -2.92. The Labute approximate surface area is 168 Å². The fourth-order valence-electron chi connectivity index (χ4n) is 2.65. The summed E-state index contributed by atoms with van der Waals surface area (Å²) in [6.45, 7) is 0.727. The van der Waals surface area contributed by atoms with E-state index in [1.54, 1.807) is 31.2 Å². The Morgan fingerprint density at radius 3 is 2.43 bits per heavy atom. The van der Waals surface area contributed by atoms with Crippen LogP contribution in [-0.4, -0.2) is 55.6 Å². The molecule has 1 heterocycles. The molecule has 2 atom stereocenters. The Kier molecular flexibility index (Phi) is 6.88. The quantitative estimate of drug-likeness (QED) is 0.526. The van der Waals surface area contributed by atoms with E-state index >= 15 is 0 Å². The third-order valence-electron chi connectivity index (χ3n) is 4.44. The van der Waals surface area contributed by atoms with Crippen molar-refractivity contribution in [2.24, 2.45) is 5.92 Å². The number of hydrogen-bond acceptors (Lipinski definition) is 4. The van der Waals surface area contributed by atoms with Gasteiger partial charge in [0.15, 0.2) is 0 Å². The lowest BCUT2D eigenvalue weighted by atomic mass is 10.1. The van der Waals surface area contributed by atoms with Gasteiger partial charge in [-0.25, -0.2) is 0 Å². The number of alkyl halides is 5. The summed E-state index contributed by atoms with van der Waals surface area (Å²) in [7, 11) is 0. The van der Waals surface area contributed by atoms with Gasteiger partial charge in [-0.15, -0.1) is 0 Å². The van der Waals surface area contributed by atoms with Crippen LogP contribution in [0.5, 0.6) is 5.75 Å². The smallest absolute Gasteiger partial charge is 0.455 e. The lowest BCUT2D eigenvalue weighted by Crippen LogP contribution is -2.54. The molecule has 12 heteroatoms. The number of carbonyl (C=O) groups is 3. The van der Waals surface area contributed by atoms with Crippen molar-refractivity contribution in [2.75, 3.05) is 24.6 Å². The molecule has 2 rings (SSSR count). The number of rotatable bonds is 6. The van der Waals surface area contributed by atoms with E-state index in [-0.39, 0.29) is 13.2 Å². The molecule has 3 amide bonds. The summed E-state index contributed by atoms with van der Waals surface area (Å²) in [6, 6.07) is 5.49.